The predicted octanol–water partition coefficient (Wildman–Crippen LogP) is 18.4. The van der Waals surface area contributed by atoms with Gasteiger partial charge in [-0.1, -0.05) is 146 Å². The fourth-order valence-electron chi connectivity index (χ4n) is 10.8. The van der Waals surface area contributed by atoms with Crippen molar-refractivity contribution in [1.82, 2.24) is 0 Å². The van der Waals surface area contributed by atoms with Crippen molar-refractivity contribution in [3.8, 4) is 11.5 Å². The molecular weight excluding hydrogens is 928 g/mol. The largest absolute Gasteiger partial charge is 0.507 e. The minimum atomic E-state index is -0.00493. The van der Waals surface area contributed by atoms with Gasteiger partial charge in [0.25, 0.3) is 0 Å². The van der Waals surface area contributed by atoms with Gasteiger partial charge in [0.1, 0.15) is 11.5 Å². The van der Waals surface area contributed by atoms with Crippen LogP contribution in [0.4, 0.5) is 0 Å². The Morgan fingerprint density at radius 1 is 0.403 bits per heavy atom. The topological polar surface area (TPSA) is 65.2 Å². The maximum absolute atomic E-state index is 11.5. The van der Waals surface area contributed by atoms with Gasteiger partial charge in [-0.2, -0.15) is 0 Å². The van der Waals surface area contributed by atoms with Crippen molar-refractivity contribution in [2.75, 3.05) is 65.4 Å². The van der Waals surface area contributed by atoms with Crippen LogP contribution in [0.5, 0.6) is 11.5 Å². The zero-order chi connectivity index (χ0) is 48.9. The van der Waals surface area contributed by atoms with Crippen molar-refractivity contribution >= 4 is 12.4 Å². The van der Waals surface area contributed by atoms with Crippen LogP contribution in [0.15, 0.2) is 34.3 Å². The summed E-state index contributed by atoms with van der Waals surface area (Å²) in [4.78, 5) is 9.63. The molecule has 72 heavy (non-hydrogen) atoms. The van der Waals surface area contributed by atoms with Crippen LogP contribution in [-0.4, -0.2) is 97.1 Å². The average molecular weight is 1050 g/mol. The van der Waals surface area contributed by atoms with Crippen molar-refractivity contribution < 1.29 is 36.0 Å². The van der Waals surface area contributed by atoms with Crippen molar-refractivity contribution in [2.45, 2.75) is 235 Å². The summed E-state index contributed by atoms with van der Waals surface area (Å²) in [5.74, 6) is 0.656. The van der Waals surface area contributed by atoms with Crippen molar-refractivity contribution in [1.29, 1.82) is 0 Å². The summed E-state index contributed by atoms with van der Waals surface area (Å²) in [6.45, 7) is 39.2. The maximum Gasteiger partial charge on any atom is 0.127 e. The quantitative estimate of drug-likeness (QED) is 0.0303. The van der Waals surface area contributed by atoms with Crippen LogP contribution < -0.4 is 0 Å². The predicted molar refractivity (Wildman–Crippen MR) is 324 cm³/mol. The number of hydrogen-bond acceptors (Lipinski definition) is 4. The molecule has 0 aliphatic carbocycles. The number of hydrogen-bond donors (Lipinski definition) is 2. The van der Waals surface area contributed by atoms with Crippen molar-refractivity contribution in [3.05, 3.63) is 94.8 Å². The van der Waals surface area contributed by atoms with E-state index in [0.29, 0.717) is 24.6 Å². The van der Waals surface area contributed by atoms with Gasteiger partial charge in [0.05, 0.1) is 65.4 Å². The number of aromatic hydroxyl groups is 2. The number of nitrogens with zero attached hydrogens (tertiary/aromatic N) is 4. The number of phenolic OH excluding ortho intramolecular Hbond substituents is 2. The molecular formula is C65H123CoN4O2-3. The third kappa shape index (κ3) is 26.5. The van der Waals surface area contributed by atoms with E-state index in [1.54, 1.807) is 0 Å². The molecule has 427 valence electrons. The molecule has 0 saturated carbocycles. The van der Waals surface area contributed by atoms with Crippen LogP contribution >= 0.6 is 0 Å². The SMILES string of the molecule is CCCCC(C)(CCCC)c1cc(C)c(O)c(C=NCCN=Cc2cc(C(C)(CCC[N+](CCCC)(CCCC)CCCC)CCC[N+](CCCC)(CCCC)CCCC)cc(C)c2O)c1.[CH3-].[CH3-].[CH3-].[CH3-].[CH3-].[Co]. The zero-order valence-electron chi connectivity index (χ0n) is 51.1. The second-order valence-electron chi connectivity index (χ2n) is 21.7. The molecule has 2 rings (SSSR count). The van der Waals surface area contributed by atoms with E-state index in [-0.39, 0.29) is 64.7 Å². The van der Waals surface area contributed by atoms with Gasteiger partial charge in [-0.3, -0.25) is 9.98 Å². The summed E-state index contributed by atoms with van der Waals surface area (Å²) in [7, 11) is 0. The Labute approximate surface area is 462 Å². The van der Waals surface area contributed by atoms with E-state index in [4.69, 9.17) is 9.98 Å². The zero-order valence-corrected chi connectivity index (χ0v) is 52.1. The van der Waals surface area contributed by atoms with Crippen LogP contribution in [0.25, 0.3) is 0 Å². The van der Waals surface area contributed by atoms with Gasteiger partial charge >= 0.3 is 0 Å². The van der Waals surface area contributed by atoms with E-state index in [9.17, 15) is 10.2 Å². The summed E-state index contributed by atoms with van der Waals surface area (Å²) in [5.41, 5.74) is 6.21. The van der Waals surface area contributed by atoms with Gasteiger partial charge in [-0.05, 0) is 136 Å². The smallest absolute Gasteiger partial charge is 0.127 e. The third-order valence-electron chi connectivity index (χ3n) is 15.7. The van der Waals surface area contributed by atoms with E-state index in [1.165, 1.54) is 188 Å². The van der Waals surface area contributed by atoms with Gasteiger partial charge < -0.3 is 56.3 Å². The molecule has 0 spiro atoms. The molecule has 0 unspecified atom stereocenters. The molecule has 0 fully saturated rings. The Kier molecular flexibility index (Phi) is 47.0. The molecule has 1 radical (unpaired) electrons. The van der Waals surface area contributed by atoms with Crippen LogP contribution in [0.1, 0.15) is 244 Å². The number of aryl methyl sites for hydroxylation is 2. The minimum Gasteiger partial charge on any atom is -0.507 e. The van der Waals surface area contributed by atoms with Gasteiger partial charge in [-0.15, -0.1) is 0 Å². The van der Waals surface area contributed by atoms with Gasteiger partial charge in [0.15, 0.2) is 0 Å². The molecule has 7 heteroatoms. The van der Waals surface area contributed by atoms with E-state index in [2.05, 4.69) is 100 Å². The molecule has 0 amide bonds. The monoisotopic (exact) mass is 1050 g/mol. The summed E-state index contributed by atoms with van der Waals surface area (Å²) in [6.07, 6.45) is 31.1. The molecule has 2 N–H and O–H groups in total. The molecule has 2 aromatic rings. The summed E-state index contributed by atoms with van der Waals surface area (Å²) in [5, 5.41) is 22.6. The van der Waals surface area contributed by atoms with Crippen molar-refractivity contribution in [2.24, 2.45) is 9.98 Å². The fraction of sp³-hybridized carbons (Fsp3) is 0.708. The van der Waals surface area contributed by atoms with E-state index in [0.717, 1.165) is 47.9 Å². The van der Waals surface area contributed by atoms with Gasteiger partial charge in [0, 0.05) is 40.3 Å². The van der Waals surface area contributed by atoms with Gasteiger partial charge in [0.2, 0.25) is 0 Å². The second kappa shape index (κ2) is 43.0. The first-order valence-electron chi connectivity index (χ1n) is 28.1. The number of phenols is 2. The number of aliphatic imine (C=N–C) groups is 2. The van der Waals surface area contributed by atoms with E-state index in [1.807, 2.05) is 19.4 Å². The Hall–Kier alpha value is -2.19. The van der Waals surface area contributed by atoms with E-state index >= 15 is 0 Å². The normalized spacial score (nSPS) is 11.9. The first-order valence-corrected chi connectivity index (χ1v) is 28.1. The van der Waals surface area contributed by atoms with Crippen LogP contribution in [0, 0.1) is 51.0 Å². The summed E-state index contributed by atoms with van der Waals surface area (Å²) in [6, 6.07) is 8.94. The van der Waals surface area contributed by atoms with Crippen LogP contribution in [0.2, 0.25) is 0 Å². The second-order valence-corrected chi connectivity index (χ2v) is 21.7. The fourth-order valence-corrected chi connectivity index (χ4v) is 10.8. The van der Waals surface area contributed by atoms with Crippen LogP contribution in [0.3, 0.4) is 0 Å². The number of rotatable bonds is 39. The number of quaternary nitrogens is 2. The van der Waals surface area contributed by atoms with Crippen molar-refractivity contribution in [3.63, 3.8) is 0 Å². The molecule has 0 aliphatic heterocycles. The first-order chi connectivity index (χ1) is 31.7. The summed E-state index contributed by atoms with van der Waals surface area (Å²) < 4.78 is 2.57. The Balaban J connectivity index is -0.00000249. The molecule has 2 aromatic carbocycles. The first kappa shape index (κ1) is 78.7. The minimum absolute atomic E-state index is 0. The molecule has 0 saturated heterocycles. The Bertz CT molecular complexity index is 1580. The van der Waals surface area contributed by atoms with E-state index < -0.39 is 0 Å². The molecule has 6 nitrogen and oxygen atoms in total. The molecule has 0 bridgehead atoms. The Morgan fingerprint density at radius 2 is 0.639 bits per heavy atom. The molecule has 0 aliphatic rings. The molecule has 0 heterocycles. The molecule has 0 aromatic heterocycles. The molecule has 0 atom stereocenters. The summed E-state index contributed by atoms with van der Waals surface area (Å²) >= 11 is 0. The standard InChI is InChI=1S/C60H106N4O2.5CH3.Co/c1-13-21-31-59(11,32-22-14-2)55-45-51(9)57(65)53(47-55)49-61-35-36-62-50-54-48-56(46-52(10)58(54)66)60(12,33-29-43-63(37-23-15-3,38-24-16-4)39-25-17-5)34-30-44-64(40-26-18-6,41-27-19-7)42-28-20-8;;;;;;/h45-50H,13-44H2,1-12H3;5*1H3;/q;5*-1;/p+2. The van der Waals surface area contributed by atoms with Crippen LogP contribution in [-0.2, 0) is 27.6 Å². The number of unbranched alkanes of at least 4 members (excludes halogenated alkanes) is 8. The Morgan fingerprint density at radius 3 is 0.889 bits per heavy atom. The third-order valence-corrected chi connectivity index (χ3v) is 15.7. The number of benzene rings is 2. The average Bonchev–Trinajstić information content (AvgIpc) is 3.31. The van der Waals surface area contributed by atoms with Gasteiger partial charge in [-0.25, -0.2) is 0 Å². The maximum atomic E-state index is 11.5.